The fraction of sp³-hybridized carbons (Fsp3) is 0.467. The van der Waals surface area contributed by atoms with Crippen molar-refractivity contribution in [3.05, 3.63) is 29.3 Å². The van der Waals surface area contributed by atoms with E-state index in [2.05, 4.69) is 11.8 Å². The van der Waals surface area contributed by atoms with Crippen LogP contribution in [0, 0.1) is 18.8 Å². The van der Waals surface area contributed by atoms with Gasteiger partial charge >= 0.3 is 0 Å². The first-order chi connectivity index (χ1) is 8.77. The Morgan fingerprint density at radius 3 is 2.67 bits per heavy atom. The topological polar surface area (TPSA) is 18.5 Å². The standard InChI is InChI=1S/C15H19ClO2/c1-13-12-15(18-11-4-3-10-17-2)8-7-14(13)6-5-9-16/h7-8,12H,3-4,9-11H2,1-2H3. The predicted octanol–water partition coefficient (Wildman–Crippen LogP) is 3.39. The first-order valence-electron chi connectivity index (χ1n) is 6.05. The van der Waals surface area contributed by atoms with Crippen LogP contribution in [0.4, 0.5) is 0 Å². The minimum absolute atomic E-state index is 0.358. The van der Waals surface area contributed by atoms with Crippen molar-refractivity contribution in [3.8, 4) is 17.6 Å². The summed E-state index contributed by atoms with van der Waals surface area (Å²) in [5, 5.41) is 0. The van der Waals surface area contributed by atoms with Crippen molar-refractivity contribution in [1.29, 1.82) is 0 Å². The first-order valence-corrected chi connectivity index (χ1v) is 6.58. The molecular formula is C15H19ClO2. The summed E-state index contributed by atoms with van der Waals surface area (Å²) < 4.78 is 10.6. The highest BCUT2D eigenvalue weighted by Gasteiger charge is 1.98. The molecule has 2 nitrogen and oxygen atoms in total. The lowest BCUT2D eigenvalue weighted by atomic mass is 10.1. The lowest BCUT2D eigenvalue weighted by Crippen LogP contribution is -2.00. The van der Waals surface area contributed by atoms with Gasteiger partial charge in [0, 0.05) is 19.3 Å². The van der Waals surface area contributed by atoms with Crippen molar-refractivity contribution in [3.63, 3.8) is 0 Å². The molecule has 0 heterocycles. The van der Waals surface area contributed by atoms with E-state index in [0.29, 0.717) is 5.88 Å². The molecule has 0 atom stereocenters. The van der Waals surface area contributed by atoms with Crippen LogP contribution in [-0.2, 0) is 4.74 Å². The van der Waals surface area contributed by atoms with Crippen LogP contribution in [0.3, 0.4) is 0 Å². The van der Waals surface area contributed by atoms with E-state index in [4.69, 9.17) is 21.1 Å². The highest BCUT2D eigenvalue weighted by molar-refractivity contribution is 6.19. The van der Waals surface area contributed by atoms with Crippen molar-refractivity contribution in [2.45, 2.75) is 19.8 Å². The Balaban J connectivity index is 2.46. The van der Waals surface area contributed by atoms with Crippen LogP contribution in [0.15, 0.2) is 18.2 Å². The number of hydrogen-bond donors (Lipinski definition) is 0. The number of benzene rings is 1. The van der Waals surface area contributed by atoms with Crippen LogP contribution < -0.4 is 4.74 Å². The van der Waals surface area contributed by atoms with E-state index >= 15 is 0 Å². The van der Waals surface area contributed by atoms with E-state index in [1.807, 2.05) is 25.1 Å². The molecule has 0 spiro atoms. The van der Waals surface area contributed by atoms with Crippen molar-refractivity contribution in [2.75, 3.05) is 26.2 Å². The van der Waals surface area contributed by atoms with Gasteiger partial charge in [-0.2, -0.15) is 0 Å². The zero-order valence-electron chi connectivity index (χ0n) is 11.0. The van der Waals surface area contributed by atoms with Gasteiger partial charge in [-0.3, -0.25) is 0 Å². The largest absolute Gasteiger partial charge is 0.494 e. The molecule has 98 valence electrons. The van der Waals surface area contributed by atoms with Gasteiger partial charge in [-0.15, -0.1) is 11.6 Å². The molecule has 0 aliphatic rings. The number of aryl methyl sites for hydroxylation is 1. The highest BCUT2D eigenvalue weighted by Crippen LogP contribution is 2.16. The third-order valence-corrected chi connectivity index (χ3v) is 2.63. The molecule has 1 rings (SSSR count). The normalized spacial score (nSPS) is 9.72. The van der Waals surface area contributed by atoms with E-state index in [-0.39, 0.29) is 0 Å². The van der Waals surface area contributed by atoms with Gasteiger partial charge in [-0.05, 0) is 43.5 Å². The molecule has 0 radical (unpaired) electrons. The van der Waals surface area contributed by atoms with Gasteiger partial charge in [0.25, 0.3) is 0 Å². The summed E-state index contributed by atoms with van der Waals surface area (Å²) in [5.41, 5.74) is 2.12. The molecule has 1 aromatic carbocycles. The van der Waals surface area contributed by atoms with Gasteiger partial charge in [0.2, 0.25) is 0 Å². The minimum Gasteiger partial charge on any atom is -0.494 e. The number of alkyl halides is 1. The van der Waals surface area contributed by atoms with Crippen molar-refractivity contribution >= 4 is 11.6 Å². The number of hydrogen-bond acceptors (Lipinski definition) is 2. The van der Waals surface area contributed by atoms with Gasteiger partial charge < -0.3 is 9.47 Å². The summed E-state index contributed by atoms with van der Waals surface area (Å²) in [6.45, 7) is 3.53. The first kappa shape index (κ1) is 14.9. The smallest absolute Gasteiger partial charge is 0.119 e. The van der Waals surface area contributed by atoms with Crippen LogP contribution in [-0.4, -0.2) is 26.2 Å². The van der Waals surface area contributed by atoms with Gasteiger partial charge in [0.15, 0.2) is 0 Å². The van der Waals surface area contributed by atoms with Gasteiger partial charge in [0.05, 0.1) is 12.5 Å². The Morgan fingerprint density at radius 1 is 1.22 bits per heavy atom. The van der Waals surface area contributed by atoms with E-state index in [1.54, 1.807) is 7.11 Å². The van der Waals surface area contributed by atoms with E-state index < -0.39 is 0 Å². The third-order valence-electron chi connectivity index (χ3n) is 2.50. The number of unbranched alkanes of at least 4 members (excludes halogenated alkanes) is 1. The Hall–Kier alpha value is -1.17. The highest BCUT2D eigenvalue weighted by atomic mass is 35.5. The number of rotatable bonds is 6. The Morgan fingerprint density at radius 2 is 2.00 bits per heavy atom. The molecule has 0 saturated heterocycles. The average molecular weight is 267 g/mol. The molecule has 0 N–H and O–H groups in total. The van der Waals surface area contributed by atoms with E-state index in [9.17, 15) is 0 Å². The molecule has 1 aromatic rings. The summed E-state index contributed by atoms with van der Waals surface area (Å²) >= 11 is 5.54. The molecule has 0 amide bonds. The van der Waals surface area contributed by atoms with Crippen molar-refractivity contribution < 1.29 is 9.47 Å². The molecule has 18 heavy (non-hydrogen) atoms. The molecule has 0 unspecified atom stereocenters. The summed E-state index contributed by atoms with van der Waals surface area (Å²) in [4.78, 5) is 0. The number of ether oxygens (including phenoxy) is 2. The van der Waals surface area contributed by atoms with E-state index in [1.165, 1.54) is 0 Å². The van der Waals surface area contributed by atoms with Crippen molar-refractivity contribution in [1.82, 2.24) is 0 Å². The molecule has 3 heteroatoms. The SMILES string of the molecule is COCCCCOc1ccc(C#CCCl)c(C)c1. The Labute approximate surface area is 114 Å². The summed E-state index contributed by atoms with van der Waals surface area (Å²) in [5.74, 6) is 7.12. The molecule has 0 fully saturated rings. The quantitative estimate of drug-likeness (QED) is 0.446. The molecular weight excluding hydrogens is 248 g/mol. The zero-order valence-corrected chi connectivity index (χ0v) is 11.7. The number of halogens is 1. The van der Waals surface area contributed by atoms with Crippen molar-refractivity contribution in [2.24, 2.45) is 0 Å². The maximum atomic E-state index is 5.66. The fourth-order valence-corrected chi connectivity index (χ4v) is 1.60. The zero-order chi connectivity index (χ0) is 13.2. The summed E-state index contributed by atoms with van der Waals surface area (Å²) in [6, 6.07) is 5.93. The predicted molar refractivity (Wildman–Crippen MR) is 75.4 cm³/mol. The molecule has 0 aromatic heterocycles. The Bertz CT molecular complexity index is 418. The average Bonchev–Trinajstić information content (AvgIpc) is 2.37. The maximum absolute atomic E-state index is 5.66. The van der Waals surface area contributed by atoms with E-state index in [0.717, 1.165) is 42.9 Å². The molecule has 0 aliphatic heterocycles. The Kier molecular flexibility index (Phi) is 7.32. The van der Waals surface area contributed by atoms with Crippen LogP contribution in [0.2, 0.25) is 0 Å². The second-order valence-electron chi connectivity index (χ2n) is 3.96. The summed E-state index contributed by atoms with van der Waals surface area (Å²) in [7, 11) is 1.71. The second-order valence-corrected chi connectivity index (χ2v) is 4.23. The van der Waals surface area contributed by atoms with Crippen LogP contribution in [0.25, 0.3) is 0 Å². The fourth-order valence-electron chi connectivity index (χ4n) is 1.53. The third kappa shape index (κ3) is 5.44. The second kappa shape index (κ2) is 8.85. The summed E-state index contributed by atoms with van der Waals surface area (Å²) in [6.07, 6.45) is 2.02. The lowest BCUT2D eigenvalue weighted by Gasteiger charge is -2.07. The number of methoxy groups -OCH3 is 1. The van der Waals surface area contributed by atoms with Gasteiger partial charge in [0.1, 0.15) is 5.75 Å². The molecule has 0 bridgehead atoms. The molecule has 0 aliphatic carbocycles. The van der Waals surface area contributed by atoms with Gasteiger partial charge in [-0.1, -0.05) is 11.8 Å². The van der Waals surface area contributed by atoms with Crippen LogP contribution in [0.5, 0.6) is 5.75 Å². The minimum atomic E-state index is 0.358. The monoisotopic (exact) mass is 266 g/mol. The van der Waals surface area contributed by atoms with Gasteiger partial charge in [-0.25, -0.2) is 0 Å². The maximum Gasteiger partial charge on any atom is 0.119 e. The van der Waals surface area contributed by atoms with Crippen LogP contribution in [0.1, 0.15) is 24.0 Å². The molecule has 0 saturated carbocycles. The lowest BCUT2D eigenvalue weighted by molar-refractivity contribution is 0.184. The van der Waals surface area contributed by atoms with Crippen LogP contribution >= 0.6 is 11.6 Å².